The number of thiazole rings is 1. The van der Waals surface area contributed by atoms with Gasteiger partial charge in [-0.1, -0.05) is 6.07 Å². The zero-order valence-corrected chi connectivity index (χ0v) is 18.6. The second kappa shape index (κ2) is 10.8. The fourth-order valence-corrected chi connectivity index (χ4v) is 3.72. The second-order valence-electron chi connectivity index (χ2n) is 6.75. The van der Waals surface area contributed by atoms with Crippen molar-refractivity contribution in [2.45, 2.75) is 26.5 Å². The van der Waals surface area contributed by atoms with Crippen molar-refractivity contribution in [2.24, 2.45) is 0 Å². The summed E-state index contributed by atoms with van der Waals surface area (Å²) in [6, 6.07) is 11.5. The molecular formula is C23H25FN2O4S. The van der Waals surface area contributed by atoms with Gasteiger partial charge in [0.25, 0.3) is 0 Å². The van der Waals surface area contributed by atoms with Crippen molar-refractivity contribution in [3.8, 4) is 17.2 Å². The van der Waals surface area contributed by atoms with Gasteiger partial charge in [0.05, 0.1) is 26.3 Å². The predicted octanol–water partition coefficient (Wildman–Crippen LogP) is 4.47. The molecule has 0 aliphatic heterocycles. The normalized spacial score (nSPS) is 10.6. The molecule has 2 aromatic carbocycles. The molecule has 0 radical (unpaired) electrons. The molecule has 31 heavy (non-hydrogen) atoms. The first kappa shape index (κ1) is 22.6. The molecule has 0 saturated carbocycles. The van der Waals surface area contributed by atoms with Gasteiger partial charge in [0.15, 0.2) is 11.5 Å². The Kier molecular flexibility index (Phi) is 7.83. The molecule has 8 heteroatoms. The average molecular weight is 445 g/mol. The van der Waals surface area contributed by atoms with E-state index in [-0.39, 0.29) is 24.8 Å². The van der Waals surface area contributed by atoms with Crippen LogP contribution in [0.2, 0.25) is 0 Å². The van der Waals surface area contributed by atoms with Crippen LogP contribution < -0.4 is 14.2 Å². The lowest BCUT2D eigenvalue weighted by Gasteiger charge is -2.21. The van der Waals surface area contributed by atoms with E-state index in [4.69, 9.17) is 14.2 Å². The van der Waals surface area contributed by atoms with Crippen molar-refractivity contribution in [1.29, 1.82) is 0 Å². The molecule has 6 nitrogen and oxygen atoms in total. The van der Waals surface area contributed by atoms with E-state index in [2.05, 4.69) is 4.98 Å². The van der Waals surface area contributed by atoms with Crippen molar-refractivity contribution >= 4 is 17.2 Å². The Bertz CT molecular complexity index is 1010. The van der Waals surface area contributed by atoms with E-state index in [9.17, 15) is 9.18 Å². The van der Waals surface area contributed by atoms with Crippen LogP contribution in [0.3, 0.4) is 0 Å². The zero-order chi connectivity index (χ0) is 22.2. The van der Waals surface area contributed by atoms with Crippen LogP contribution in [-0.4, -0.2) is 36.6 Å². The number of amides is 1. The molecule has 0 spiro atoms. The average Bonchev–Trinajstić information content (AvgIpc) is 3.23. The smallest absolute Gasteiger partial charge is 0.228 e. The number of ether oxygens (including phenoxy) is 3. The summed E-state index contributed by atoms with van der Waals surface area (Å²) in [6.07, 6.45) is 0.216. The van der Waals surface area contributed by atoms with E-state index in [0.29, 0.717) is 36.0 Å². The molecule has 1 heterocycles. The van der Waals surface area contributed by atoms with E-state index in [1.165, 1.54) is 23.5 Å². The molecule has 0 saturated heterocycles. The summed E-state index contributed by atoms with van der Waals surface area (Å²) < 4.78 is 29.2. The number of likely N-dealkylation sites (N-methyl/N-ethyl adjacent to an activating group) is 1. The Balaban J connectivity index is 1.57. The molecule has 3 rings (SSSR count). The largest absolute Gasteiger partial charge is 0.493 e. The maximum atomic E-state index is 13.0. The standard InChI is InChI=1S/C23H25FN2O4S/c1-4-26(13-16-5-10-20(28-2)21(11-16)29-3)23(27)12-18-15-31-22(25-18)14-30-19-8-6-17(24)7-9-19/h5-11,15H,4,12-14H2,1-3H3. The van der Waals surface area contributed by atoms with Gasteiger partial charge in [-0.15, -0.1) is 11.3 Å². The maximum Gasteiger partial charge on any atom is 0.228 e. The number of hydrogen-bond acceptors (Lipinski definition) is 6. The van der Waals surface area contributed by atoms with Gasteiger partial charge < -0.3 is 19.1 Å². The van der Waals surface area contributed by atoms with Crippen LogP contribution in [-0.2, 0) is 24.4 Å². The Morgan fingerprint density at radius 3 is 2.52 bits per heavy atom. The van der Waals surface area contributed by atoms with Crippen molar-refractivity contribution in [3.63, 3.8) is 0 Å². The first-order valence-corrected chi connectivity index (χ1v) is 10.7. The van der Waals surface area contributed by atoms with Gasteiger partial charge in [-0.2, -0.15) is 0 Å². The van der Waals surface area contributed by atoms with Crippen LogP contribution in [0.5, 0.6) is 17.2 Å². The van der Waals surface area contributed by atoms with E-state index in [1.807, 2.05) is 30.5 Å². The van der Waals surface area contributed by atoms with Gasteiger partial charge >= 0.3 is 0 Å². The van der Waals surface area contributed by atoms with Gasteiger partial charge in [-0.25, -0.2) is 9.37 Å². The van der Waals surface area contributed by atoms with E-state index >= 15 is 0 Å². The number of methoxy groups -OCH3 is 2. The summed E-state index contributed by atoms with van der Waals surface area (Å²) in [7, 11) is 3.18. The molecule has 0 aliphatic carbocycles. The highest BCUT2D eigenvalue weighted by atomic mass is 32.1. The molecule has 0 unspecified atom stereocenters. The maximum absolute atomic E-state index is 13.0. The number of hydrogen-bond donors (Lipinski definition) is 0. The lowest BCUT2D eigenvalue weighted by molar-refractivity contribution is -0.130. The van der Waals surface area contributed by atoms with Crippen LogP contribution >= 0.6 is 11.3 Å². The Labute approximate surface area is 185 Å². The van der Waals surface area contributed by atoms with Crippen LogP contribution in [0.25, 0.3) is 0 Å². The van der Waals surface area contributed by atoms with Crippen LogP contribution in [0, 0.1) is 5.82 Å². The fourth-order valence-electron chi connectivity index (χ4n) is 3.01. The number of halogens is 1. The number of rotatable bonds is 10. The SMILES string of the molecule is CCN(Cc1ccc(OC)c(OC)c1)C(=O)Cc1csc(COc2ccc(F)cc2)n1. The quantitative estimate of drug-likeness (QED) is 0.462. The predicted molar refractivity (Wildman–Crippen MR) is 117 cm³/mol. The van der Waals surface area contributed by atoms with Gasteiger partial charge in [0.1, 0.15) is 23.2 Å². The molecule has 1 aromatic heterocycles. The number of aromatic nitrogens is 1. The third-order valence-corrected chi connectivity index (χ3v) is 5.53. The molecule has 0 aliphatic rings. The highest BCUT2D eigenvalue weighted by molar-refractivity contribution is 7.09. The highest BCUT2D eigenvalue weighted by Gasteiger charge is 2.16. The Morgan fingerprint density at radius 1 is 1.10 bits per heavy atom. The monoisotopic (exact) mass is 444 g/mol. The Morgan fingerprint density at radius 2 is 1.84 bits per heavy atom. The number of carbonyl (C=O) groups is 1. The van der Waals surface area contributed by atoms with Crippen molar-refractivity contribution in [2.75, 3.05) is 20.8 Å². The van der Waals surface area contributed by atoms with Gasteiger partial charge in [-0.05, 0) is 48.9 Å². The van der Waals surface area contributed by atoms with Gasteiger partial charge in [-0.3, -0.25) is 4.79 Å². The van der Waals surface area contributed by atoms with Crippen LogP contribution in [0.15, 0.2) is 47.8 Å². The van der Waals surface area contributed by atoms with E-state index < -0.39 is 0 Å². The summed E-state index contributed by atoms with van der Waals surface area (Å²) >= 11 is 1.43. The molecular weight excluding hydrogens is 419 g/mol. The first-order valence-electron chi connectivity index (χ1n) is 9.82. The van der Waals surface area contributed by atoms with Gasteiger partial charge in [0.2, 0.25) is 5.91 Å². The fraction of sp³-hybridized carbons (Fsp3) is 0.304. The lowest BCUT2D eigenvalue weighted by Crippen LogP contribution is -2.31. The lowest BCUT2D eigenvalue weighted by atomic mass is 10.1. The minimum Gasteiger partial charge on any atom is -0.493 e. The molecule has 0 N–H and O–H groups in total. The molecule has 1 amide bonds. The van der Waals surface area contributed by atoms with Crippen molar-refractivity contribution < 1.29 is 23.4 Å². The molecule has 3 aromatic rings. The highest BCUT2D eigenvalue weighted by Crippen LogP contribution is 2.28. The third kappa shape index (κ3) is 6.18. The van der Waals surface area contributed by atoms with E-state index in [1.54, 1.807) is 31.3 Å². The summed E-state index contributed by atoms with van der Waals surface area (Å²) in [6.45, 7) is 3.27. The van der Waals surface area contributed by atoms with Crippen LogP contribution in [0.4, 0.5) is 4.39 Å². The van der Waals surface area contributed by atoms with Crippen molar-refractivity contribution in [1.82, 2.24) is 9.88 Å². The minimum absolute atomic E-state index is 0.00594. The molecule has 0 fully saturated rings. The number of nitrogens with zero attached hydrogens (tertiary/aromatic N) is 2. The Hall–Kier alpha value is -3.13. The second-order valence-corrected chi connectivity index (χ2v) is 7.69. The summed E-state index contributed by atoms with van der Waals surface area (Å²) in [5.41, 5.74) is 1.66. The van der Waals surface area contributed by atoms with Crippen molar-refractivity contribution in [3.05, 3.63) is 69.9 Å². The first-order chi connectivity index (χ1) is 15.0. The third-order valence-electron chi connectivity index (χ3n) is 4.66. The number of carbonyl (C=O) groups excluding carboxylic acids is 1. The summed E-state index contributed by atoms with van der Waals surface area (Å²) in [5.74, 6) is 1.54. The summed E-state index contributed by atoms with van der Waals surface area (Å²) in [5, 5.41) is 2.63. The minimum atomic E-state index is -0.309. The zero-order valence-electron chi connectivity index (χ0n) is 17.8. The molecule has 0 atom stereocenters. The topological polar surface area (TPSA) is 60.9 Å². The number of benzene rings is 2. The van der Waals surface area contributed by atoms with E-state index in [0.717, 1.165) is 10.6 Å². The summed E-state index contributed by atoms with van der Waals surface area (Å²) in [4.78, 5) is 19.1. The molecule has 164 valence electrons. The van der Waals surface area contributed by atoms with Gasteiger partial charge in [0, 0.05) is 18.5 Å². The molecule has 0 bridgehead atoms. The van der Waals surface area contributed by atoms with Crippen LogP contribution in [0.1, 0.15) is 23.2 Å².